The van der Waals surface area contributed by atoms with Gasteiger partial charge in [-0.15, -0.1) is 0 Å². The highest BCUT2D eigenvalue weighted by Crippen LogP contribution is 2.22. The van der Waals surface area contributed by atoms with Gasteiger partial charge in [0.2, 0.25) is 0 Å². The van der Waals surface area contributed by atoms with E-state index in [1.165, 1.54) is 12.4 Å². The van der Waals surface area contributed by atoms with Crippen molar-refractivity contribution in [3.8, 4) is 0 Å². The molecule has 0 saturated heterocycles. The standard InChI is InChI=1S/C12H15N5O2/c1-9-5-11(3-4-12(9)17(18)19)15-10(2)6-16-8-13-7-14-16/h3-5,7-8,10,15H,6H2,1-2H3/t10-/m1/s1. The van der Waals surface area contributed by atoms with E-state index in [0.29, 0.717) is 12.1 Å². The molecular weight excluding hydrogens is 246 g/mol. The monoisotopic (exact) mass is 261 g/mol. The Morgan fingerprint density at radius 2 is 2.32 bits per heavy atom. The van der Waals surface area contributed by atoms with Crippen molar-refractivity contribution in [3.63, 3.8) is 0 Å². The Morgan fingerprint density at radius 1 is 1.53 bits per heavy atom. The normalized spacial score (nSPS) is 12.1. The van der Waals surface area contributed by atoms with Gasteiger partial charge >= 0.3 is 0 Å². The highest BCUT2D eigenvalue weighted by molar-refractivity contribution is 5.53. The quantitative estimate of drug-likeness (QED) is 0.657. The Labute approximate surface area is 110 Å². The molecule has 0 bridgehead atoms. The largest absolute Gasteiger partial charge is 0.381 e. The molecule has 1 aromatic carbocycles. The summed E-state index contributed by atoms with van der Waals surface area (Å²) in [6, 6.07) is 5.14. The predicted molar refractivity (Wildman–Crippen MR) is 70.9 cm³/mol. The second-order valence-electron chi connectivity index (χ2n) is 4.42. The fraction of sp³-hybridized carbons (Fsp3) is 0.333. The van der Waals surface area contributed by atoms with Gasteiger partial charge in [0, 0.05) is 23.4 Å². The van der Waals surface area contributed by atoms with Gasteiger partial charge in [0.15, 0.2) is 0 Å². The summed E-state index contributed by atoms with van der Waals surface area (Å²) in [6.07, 6.45) is 3.14. The van der Waals surface area contributed by atoms with Crippen molar-refractivity contribution >= 4 is 11.4 Å². The number of nitrogens with one attached hydrogen (secondary N) is 1. The summed E-state index contributed by atoms with van der Waals surface area (Å²) in [5.74, 6) is 0. The molecule has 0 amide bonds. The molecule has 0 radical (unpaired) electrons. The zero-order valence-corrected chi connectivity index (χ0v) is 10.8. The first kappa shape index (κ1) is 13.0. The van der Waals surface area contributed by atoms with Crippen LogP contribution in [0.15, 0.2) is 30.9 Å². The minimum Gasteiger partial charge on any atom is -0.381 e. The summed E-state index contributed by atoms with van der Waals surface area (Å²) in [5.41, 5.74) is 1.63. The molecule has 1 heterocycles. The summed E-state index contributed by atoms with van der Waals surface area (Å²) >= 11 is 0. The first-order valence-corrected chi connectivity index (χ1v) is 5.90. The fourth-order valence-corrected chi connectivity index (χ4v) is 1.89. The van der Waals surface area contributed by atoms with Gasteiger partial charge in [-0.1, -0.05) is 0 Å². The summed E-state index contributed by atoms with van der Waals surface area (Å²) < 4.78 is 1.73. The molecular formula is C12H15N5O2. The number of aromatic nitrogens is 3. The van der Waals surface area contributed by atoms with Crippen LogP contribution in [0, 0.1) is 17.0 Å². The third-order valence-corrected chi connectivity index (χ3v) is 2.73. The van der Waals surface area contributed by atoms with Crippen LogP contribution in [0.1, 0.15) is 12.5 Å². The SMILES string of the molecule is Cc1cc(N[C@H](C)Cn2cncn2)ccc1[N+](=O)[O-]. The number of nitro groups is 1. The van der Waals surface area contributed by atoms with Crippen molar-refractivity contribution in [3.05, 3.63) is 46.5 Å². The third kappa shape index (κ3) is 3.27. The highest BCUT2D eigenvalue weighted by atomic mass is 16.6. The van der Waals surface area contributed by atoms with Crippen LogP contribution in [-0.4, -0.2) is 25.7 Å². The molecule has 0 aliphatic heterocycles. The number of nitro benzene ring substituents is 1. The van der Waals surface area contributed by atoms with Crippen molar-refractivity contribution < 1.29 is 4.92 Å². The minimum atomic E-state index is -0.377. The van der Waals surface area contributed by atoms with Gasteiger partial charge in [-0.3, -0.25) is 14.8 Å². The molecule has 0 aliphatic rings. The van der Waals surface area contributed by atoms with E-state index in [1.807, 2.05) is 6.92 Å². The van der Waals surface area contributed by atoms with Gasteiger partial charge in [0.05, 0.1) is 11.5 Å². The second-order valence-corrected chi connectivity index (χ2v) is 4.42. The molecule has 0 spiro atoms. The van der Waals surface area contributed by atoms with E-state index < -0.39 is 0 Å². The second kappa shape index (κ2) is 5.47. The van der Waals surface area contributed by atoms with E-state index in [-0.39, 0.29) is 16.7 Å². The lowest BCUT2D eigenvalue weighted by Crippen LogP contribution is -2.22. The molecule has 7 nitrogen and oxygen atoms in total. The Bertz CT molecular complexity index is 568. The first-order chi connectivity index (χ1) is 9.06. The number of rotatable bonds is 5. The molecule has 19 heavy (non-hydrogen) atoms. The lowest BCUT2D eigenvalue weighted by Gasteiger charge is -2.15. The fourth-order valence-electron chi connectivity index (χ4n) is 1.89. The smallest absolute Gasteiger partial charge is 0.272 e. The maximum absolute atomic E-state index is 10.7. The van der Waals surface area contributed by atoms with Crippen LogP contribution in [0.25, 0.3) is 0 Å². The molecule has 100 valence electrons. The van der Waals surface area contributed by atoms with Gasteiger partial charge in [-0.25, -0.2) is 4.98 Å². The van der Waals surface area contributed by atoms with Crippen LogP contribution in [-0.2, 0) is 6.54 Å². The summed E-state index contributed by atoms with van der Waals surface area (Å²) in [4.78, 5) is 14.2. The Kier molecular flexibility index (Phi) is 3.74. The van der Waals surface area contributed by atoms with Crippen molar-refractivity contribution in [2.75, 3.05) is 5.32 Å². The average molecular weight is 261 g/mol. The maximum atomic E-state index is 10.7. The van der Waals surface area contributed by atoms with E-state index in [1.54, 1.807) is 30.1 Å². The molecule has 1 N–H and O–H groups in total. The molecule has 2 aromatic rings. The molecule has 1 atom stereocenters. The minimum absolute atomic E-state index is 0.134. The van der Waals surface area contributed by atoms with Crippen molar-refractivity contribution in [2.45, 2.75) is 26.4 Å². The van der Waals surface area contributed by atoms with Crippen LogP contribution in [0.5, 0.6) is 0 Å². The molecule has 2 rings (SSSR count). The molecule has 0 saturated carbocycles. The number of aryl methyl sites for hydroxylation is 1. The van der Waals surface area contributed by atoms with Gasteiger partial charge in [0.25, 0.3) is 5.69 Å². The lowest BCUT2D eigenvalue weighted by atomic mass is 10.1. The van der Waals surface area contributed by atoms with Crippen LogP contribution in [0.2, 0.25) is 0 Å². The number of hydrogen-bond acceptors (Lipinski definition) is 5. The number of nitrogens with zero attached hydrogens (tertiary/aromatic N) is 4. The summed E-state index contributed by atoms with van der Waals surface area (Å²) in [5, 5.41) is 18.0. The zero-order valence-electron chi connectivity index (χ0n) is 10.8. The molecule has 7 heteroatoms. The van der Waals surface area contributed by atoms with Gasteiger partial charge in [-0.2, -0.15) is 5.10 Å². The number of benzene rings is 1. The Balaban J connectivity index is 2.03. The Hall–Kier alpha value is -2.44. The zero-order chi connectivity index (χ0) is 13.8. The number of hydrogen-bond donors (Lipinski definition) is 1. The van der Waals surface area contributed by atoms with Gasteiger partial charge in [-0.05, 0) is 26.0 Å². The van der Waals surface area contributed by atoms with E-state index in [9.17, 15) is 10.1 Å². The average Bonchev–Trinajstić information content (AvgIpc) is 2.81. The lowest BCUT2D eigenvalue weighted by molar-refractivity contribution is -0.385. The van der Waals surface area contributed by atoms with Gasteiger partial charge < -0.3 is 5.32 Å². The van der Waals surface area contributed by atoms with Crippen LogP contribution in [0.4, 0.5) is 11.4 Å². The van der Waals surface area contributed by atoms with Crippen LogP contribution < -0.4 is 5.32 Å². The summed E-state index contributed by atoms with van der Waals surface area (Å²) in [7, 11) is 0. The van der Waals surface area contributed by atoms with Crippen molar-refractivity contribution in [1.29, 1.82) is 0 Å². The third-order valence-electron chi connectivity index (χ3n) is 2.73. The van der Waals surface area contributed by atoms with Crippen molar-refractivity contribution in [2.24, 2.45) is 0 Å². The maximum Gasteiger partial charge on any atom is 0.272 e. The van der Waals surface area contributed by atoms with E-state index in [4.69, 9.17) is 0 Å². The van der Waals surface area contributed by atoms with E-state index in [0.717, 1.165) is 5.69 Å². The molecule has 0 fully saturated rings. The molecule has 0 unspecified atom stereocenters. The van der Waals surface area contributed by atoms with E-state index in [2.05, 4.69) is 15.4 Å². The van der Waals surface area contributed by atoms with Gasteiger partial charge in [0.1, 0.15) is 12.7 Å². The molecule has 0 aliphatic carbocycles. The summed E-state index contributed by atoms with van der Waals surface area (Å²) in [6.45, 7) is 4.42. The van der Waals surface area contributed by atoms with Crippen molar-refractivity contribution in [1.82, 2.24) is 14.8 Å². The number of anilines is 1. The topological polar surface area (TPSA) is 85.9 Å². The molecule has 1 aromatic heterocycles. The highest BCUT2D eigenvalue weighted by Gasteiger charge is 2.11. The van der Waals surface area contributed by atoms with E-state index >= 15 is 0 Å². The Morgan fingerprint density at radius 3 is 2.89 bits per heavy atom. The van der Waals surface area contributed by atoms with Crippen LogP contribution >= 0.6 is 0 Å². The van der Waals surface area contributed by atoms with Crippen LogP contribution in [0.3, 0.4) is 0 Å². The first-order valence-electron chi connectivity index (χ1n) is 5.90. The predicted octanol–water partition coefficient (Wildman–Crippen LogP) is 2.00.